The van der Waals surface area contributed by atoms with E-state index in [4.69, 9.17) is 4.74 Å². The lowest BCUT2D eigenvalue weighted by Crippen LogP contribution is -2.48. The second-order valence-corrected chi connectivity index (χ2v) is 8.26. The van der Waals surface area contributed by atoms with Crippen LogP contribution in [-0.2, 0) is 14.3 Å². The number of ether oxygens (including phenoxy) is 1. The van der Waals surface area contributed by atoms with Gasteiger partial charge < -0.3 is 14.7 Å². The van der Waals surface area contributed by atoms with Gasteiger partial charge >= 0.3 is 5.97 Å². The smallest absolute Gasteiger partial charge is 0.329 e. The van der Waals surface area contributed by atoms with Crippen molar-refractivity contribution < 1.29 is 19.4 Å². The molecule has 1 amide bonds. The third-order valence-electron chi connectivity index (χ3n) is 3.99. The van der Waals surface area contributed by atoms with E-state index in [0.717, 1.165) is 0 Å². The summed E-state index contributed by atoms with van der Waals surface area (Å²) in [6, 6.07) is -0.682. The van der Waals surface area contributed by atoms with Crippen molar-refractivity contribution in [3.63, 3.8) is 0 Å². The Labute approximate surface area is 134 Å². The molecule has 0 unspecified atom stereocenters. The molecule has 1 rings (SSSR count). The van der Waals surface area contributed by atoms with E-state index < -0.39 is 23.7 Å². The molecule has 1 aliphatic rings. The summed E-state index contributed by atoms with van der Waals surface area (Å²) in [5, 5.41) is 9.92. The molecule has 0 bridgehead atoms. The average Bonchev–Trinajstić information content (AvgIpc) is 2.68. The lowest BCUT2D eigenvalue weighted by Gasteiger charge is -2.34. The third kappa shape index (κ3) is 4.70. The summed E-state index contributed by atoms with van der Waals surface area (Å²) in [5.74, 6) is -0.675. The fourth-order valence-electron chi connectivity index (χ4n) is 3.01. The van der Waals surface area contributed by atoms with E-state index in [1.54, 1.807) is 20.8 Å². The van der Waals surface area contributed by atoms with Gasteiger partial charge in [-0.25, -0.2) is 4.79 Å². The van der Waals surface area contributed by atoms with Gasteiger partial charge in [0.2, 0.25) is 5.91 Å². The van der Waals surface area contributed by atoms with Crippen molar-refractivity contribution in [2.75, 3.05) is 6.54 Å². The van der Waals surface area contributed by atoms with E-state index in [1.807, 2.05) is 27.7 Å². The zero-order chi connectivity index (χ0) is 17.3. The molecule has 0 aromatic rings. The zero-order valence-electron chi connectivity index (χ0n) is 15.0. The van der Waals surface area contributed by atoms with Crippen LogP contribution in [0.3, 0.4) is 0 Å². The third-order valence-corrected chi connectivity index (χ3v) is 3.99. The van der Waals surface area contributed by atoms with Crippen molar-refractivity contribution in [3.05, 3.63) is 0 Å². The van der Waals surface area contributed by atoms with Crippen LogP contribution in [0.15, 0.2) is 0 Å². The summed E-state index contributed by atoms with van der Waals surface area (Å²) in [6.07, 6.45) is 0.288. The number of carbonyl (C=O) groups excluding carboxylic acids is 2. The van der Waals surface area contributed by atoms with E-state index in [9.17, 15) is 14.7 Å². The quantitative estimate of drug-likeness (QED) is 0.812. The largest absolute Gasteiger partial charge is 0.458 e. The standard InChI is InChI=1S/C17H31NO4/c1-8-12(16(2,3)4)14(20)18-10-11(19)9-13(18)15(21)22-17(5,6)7/h11-13,19H,8-10H2,1-7H3/t11-,12+,13-/m0/s1. The van der Waals surface area contributed by atoms with Crippen LogP contribution in [0.1, 0.15) is 61.3 Å². The molecule has 1 N–H and O–H groups in total. The Bertz CT molecular complexity index is 419. The normalized spacial score (nSPS) is 24.3. The summed E-state index contributed by atoms with van der Waals surface area (Å²) in [6.45, 7) is 13.6. The topological polar surface area (TPSA) is 66.8 Å². The number of amides is 1. The van der Waals surface area contributed by atoms with Crippen LogP contribution in [0.4, 0.5) is 0 Å². The molecule has 1 saturated heterocycles. The first kappa shape index (κ1) is 18.9. The van der Waals surface area contributed by atoms with Crippen LogP contribution in [-0.4, -0.2) is 46.2 Å². The summed E-state index contributed by atoms with van der Waals surface area (Å²) in [5.41, 5.74) is -0.786. The fourth-order valence-corrected chi connectivity index (χ4v) is 3.01. The molecule has 5 heteroatoms. The van der Waals surface area contributed by atoms with Gasteiger partial charge in [-0.3, -0.25) is 4.79 Å². The maximum Gasteiger partial charge on any atom is 0.329 e. The second-order valence-electron chi connectivity index (χ2n) is 8.26. The molecular weight excluding hydrogens is 282 g/mol. The van der Waals surface area contributed by atoms with Crippen LogP contribution in [0, 0.1) is 11.3 Å². The zero-order valence-corrected chi connectivity index (χ0v) is 15.0. The summed E-state index contributed by atoms with van der Waals surface area (Å²) >= 11 is 0. The lowest BCUT2D eigenvalue weighted by molar-refractivity contribution is -0.164. The first-order valence-corrected chi connectivity index (χ1v) is 8.08. The highest BCUT2D eigenvalue weighted by atomic mass is 16.6. The van der Waals surface area contributed by atoms with Crippen molar-refractivity contribution >= 4 is 11.9 Å². The fraction of sp³-hybridized carbons (Fsp3) is 0.882. The van der Waals surface area contributed by atoms with E-state index in [-0.39, 0.29) is 30.2 Å². The Kier molecular flexibility index (Phi) is 5.66. The van der Waals surface area contributed by atoms with Crippen LogP contribution < -0.4 is 0 Å². The Balaban J connectivity index is 2.95. The maximum absolute atomic E-state index is 12.9. The van der Waals surface area contributed by atoms with Gasteiger partial charge in [0.05, 0.1) is 6.10 Å². The van der Waals surface area contributed by atoms with Gasteiger partial charge in [0.1, 0.15) is 11.6 Å². The van der Waals surface area contributed by atoms with Gasteiger partial charge in [-0.1, -0.05) is 27.7 Å². The molecule has 22 heavy (non-hydrogen) atoms. The number of carbonyl (C=O) groups is 2. The SMILES string of the molecule is CC[C@H](C(=O)N1C[C@@H](O)C[C@H]1C(=O)OC(C)(C)C)C(C)(C)C. The van der Waals surface area contributed by atoms with E-state index in [2.05, 4.69) is 0 Å². The summed E-state index contributed by atoms with van der Waals surface area (Å²) in [7, 11) is 0. The van der Waals surface area contributed by atoms with Crippen molar-refractivity contribution in [1.29, 1.82) is 0 Å². The highest BCUT2D eigenvalue weighted by Crippen LogP contribution is 2.33. The number of nitrogens with zero attached hydrogens (tertiary/aromatic N) is 1. The maximum atomic E-state index is 12.9. The number of aliphatic hydroxyl groups excluding tert-OH is 1. The van der Waals surface area contributed by atoms with Crippen LogP contribution in [0.5, 0.6) is 0 Å². The average molecular weight is 313 g/mol. The monoisotopic (exact) mass is 313 g/mol. The Morgan fingerprint density at radius 3 is 2.18 bits per heavy atom. The molecule has 1 heterocycles. The van der Waals surface area contributed by atoms with Gasteiger partial charge in [0, 0.05) is 18.9 Å². The van der Waals surface area contributed by atoms with Crippen molar-refractivity contribution in [2.45, 2.75) is 79.1 Å². The first-order chi connectivity index (χ1) is 9.86. The molecule has 0 radical (unpaired) electrons. The minimum atomic E-state index is -0.682. The Hall–Kier alpha value is -1.10. The first-order valence-electron chi connectivity index (χ1n) is 8.08. The molecule has 1 fully saturated rings. The van der Waals surface area contributed by atoms with Crippen LogP contribution in [0.2, 0.25) is 0 Å². The van der Waals surface area contributed by atoms with Gasteiger partial charge in [-0.15, -0.1) is 0 Å². The van der Waals surface area contributed by atoms with E-state index >= 15 is 0 Å². The molecule has 0 aromatic carbocycles. The van der Waals surface area contributed by atoms with Crippen molar-refractivity contribution in [1.82, 2.24) is 4.90 Å². The van der Waals surface area contributed by atoms with E-state index in [1.165, 1.54) is 4.90 Å². The van der Waals surface area contributed by atoms with Crippen molar-refractivity contribution in [2.24, 2.45) is 11.3 Å². The van der Waals surface area contributed by atoms with E-state index in [0.29, 0.717) is 6.42 Å². The number of hydrogen-bond acceptors (Lipinski definition) is 4. The number of esters is 1. The molecule has 5 nitrogen and oxygen atoms in total. The predicted octanol–water partition coefficient (Wildman–Crippen LogP) is 2.36. The van der Waals surface area contributed by atoms with Gasteiger partial charge in [-0.2, -0.15) is 0 Å². The molecule has 3 atom stereocenters. The highest BCUT2D eigenvalue weighted by Gasteiger charge is 2.44. The highest BCUT2D eigenvalue weighted by molar-refractivity contribution is 5.87. The van der Waals surface area contributed by atoms with Gasteiger partial charge in [0.25, 0.3) is 0 Å². The van der Waals surface area contributed by atoms with Gasteiger partial charge in [0.15, 0.2) is 0 Å². The molecular formula is C17H31NO4. The second kappa shape index (κ2) is 6.57. The molecule has 0 spiro atoms. The number of likely N-dealkylation sites (tertiary alicyclic amines) is 1. The minimum Gasteiger partial charge on any atom is -0.458 e. The molecule has 0 saturated carbocycles. The van der Waals surface area contributed by atoms with Crippen molar-refractivity contribution in [3.8, 4) is 0 Å². The Morgan fingerprint density at radius 2 is 1.77 bits per heavy atom. The van der Waals surface area contributed by atoms with Crippen LogP contribution in [0.25, 0.3) is 0 Å². The predicted molar refractivity (Wildman–Crippen MR) is 85.2 cm³/mol. The minimum absolute atomic E-state index is 0.0672. The number of hydrogen-bond donors (Lipinski definition) is 1. The summed E-state index contributed by atoms with van der Waals surface area (Å²) in [4.78, 5) is 26.7. The number of β-amino-alcohol motifs (C(OH)–C–C–N with tert-alkyl or cyclic N) is 1. The number of rotatable bonds is 3. The summed E-state index contributed by atoms with van der Waals surface area (Å²) < 4.78 is 5.41. The number of aliphatic hydroxyl groups is 1. The molecule has 0 aromatic heterocycles. The van der Waals surface area contributed by atoms with Crippen LogP contribution >= 0.6 is 0 Å². The Morgan fingerprint density at radius 1 is 1.23 bits per heavy atom. The molecule has 128 valence electrons. The molecule has 0 aliphatic carbocycles. The molecule has 1 aliphatic heterocycles. The van der Waals surface area contributed by atoms with Gasteiger partial charge in [-0.05, 0) is 32.6 Å². The lowest BCUT2D eigenvalue weighted by atomic mass is 9.78.